The summed E-state index contributed by atoms with van der Waals surface area (Å²) in [5.74, 6) is 7.37. The van der Waals surface area contributed by atoms with Gasteiger partial charge in [-0.25, -0.2) is 15.8 Å². The van der Waals surface area contributed by atoms with Gasteiger partial charge in [-0.1, -0.05) is 0 Å². The molecular weight excluding hydrogens is 422 g/mol. The Hall–Kier alpha value is -3.89. The van der Waals surface area contributed by atoms with Gasteiger partial charge in [0.15, 0.2) is 0 Å². The smallest absolute Gasteiger partial charge is 0.227 e. The Bertz CT molecular complexity index is 1120. The molecule has 3 aromatic rings. The molecule has 10 nitrogen and oxygen atoms in total. The molecule has 172 valence electrons. The van der Waals surface area contributed by atoms with E-state index in [0.717, 1.165) is 30.4 Å². The largest absolute Gasteiger partial charge is 0.494 e. The summed E-state index contributed by atoms with van der Waals surface area (Å²) in [6.07, 6.45) is 4.52. The normalized spacial score (nSPS) is 13.9. The van der Waals surface area contributed by atoms with Gasteiger partial charge in [0.2, 0.25) is 5.95 Å². The average Bonchev–Trinajstić information content (AvgIpc) is 2.85. The standard InChI is InChI=1S/C23H27N7O3/c1-31-22-13-16(3-4-20(22)30(26)14-24)28-23-27-9-6-19(29-23)15-2-5-21(18(25)12-15)33-17-7-10-32-11-8-17/h2-6,9,12-14,17,24H,7-8,10-11,25-26H2,1H3,(H,27,28,29). The predicted molar refractivity (Wildman–Crippen MR) is 128 cm³/mol. The number of aromatic nitrogens is 2. The zero-order chi connectivity index (χ0) is 23.2. The maximum Gasteiger partial charge on any atom is 0.227 e. The summed E-state index contributed by atoms with van der Waals surface area (Å²) < 4.78 is 16.8. The Kier molecular flexibility index (Phi) is 6.86. The summed E-state index contributed by atoms with van der Waals surface area (Å²) in [4.78, 5) is 8.91. The third kappa shape index (κ3) is 5.30. The molecule has 0 aliphatic carbocycles. The SMILES string of the molecule is COc1cc(Nc2nccc(-c3ccc(OC4CCOCC4)c(N)c3)n2)ccc1N(N)C=N. The fraction of sp³-hybridized carbons (Fsp3) is 0.261. The third-order valence-electron chi connectivity index (χ3n) is 5.28. The van der Waals surface area contributed by atoms with E-state index >= 15 is 0 Å². The van der Waals surface area contributed by atoms with Crippen LogP contribution >= 0.6 is 0 Å². The molecule has 0 atom stereocenters. The Balaban J connectivity index is 1.51. The van der Waals surface area contributed by atoms with Crippen LogP contribution in [0, 0.1) is 5.41 Å². The molecule has 4 rings (SSSR count). The zero-order valence-electron chi connectivity index (χ0n) is 18.3. The number of ether oxygens (including phenoxy) is 3. The van der Waals surface area contributed by atoms with E-state index in [1.165, 1.54) is 12.1 Å². The van der Waals surface area contributed by atoms with Crippen LogP contribution in [0.4, 0.5) is 23.0 Å². The molecule has 6 N–H and O–H groups in total. The summed E-state index contributed by atoms with van der Waals surface area (Å²) in [5, 5.41) is 11.6. The van der Waals surface area contributed by atoms with E-state index in [0.29, 0.717) is 47.7 Å². The lowest BCUT2D eigenvalue weighted by molar-refractivity contribution is 0.0259. The van der Waals surface area contributed by atoms with Crippen LogP contribution in [-0.2, 0) is 4.74 Å². The van der Waals surface area contributed by atoms with Crippen molar-refractivity contribution in [2.45, 2.75) is 18.9 Å². The van der Waals surface area contributed by atoms with E-state index in [2.05, 4.69) is 15.3 Å². The highest BCUT2D eigenvalue weighted by Gasteiger charge is 2.17. The van der Waals surface area contributed by atoms with E-state index in [4.69, 9.17) is 31.2 Å². The van der Waals surface area contributed by atoms with Crippen molar-refractivity contribution in [3.05, 3.63) is 48.7 Å². The van der Waals surface area contributed by atoms with Crippen LogP contribution in [0.2, 0.25) is 0 Å². The van der Waals surface area contributed by atoms with E-state index in [1.54, 1.807) is 24.4 Å². The quantitative estimate of drug-likeness (QED) is 0.134. The second-order valence-corrected chi connectivity index (χ2v) is 7.50. The topological polar surface area (TPSA) is 145 Å². The van der Waals surface area contributed by atoms with Crippen molar-refractivity contribution >= 4 is 29.3 Å². The molecule has 2 aromatic carbocycles. The van der Waals surface area contributed by atoms with Gasteiger partial charge in [-0.05, 0) is 36.4 Å². The number of benzene rings is 2. The Morgan fingerprint density at radius 3 is 2.70 bits per heavy atom. The summed E-state index contributed by atoms with van der Waals surface area (Å²) >= 11 is 0. The maximum absolute atomic E-state index is 7.31. The van der Waals surface area contributed by atoms with Crippen molar-refractivity contribution in [3.8, 4) is 22.8 Å². The average molecular weight is 450 g/mol. The van der Waals surface area contributed by atoms with Crippen LogP contribution in [0.25, 0.3) is 11.3 Å². The predicted octanol–water partition coefficient (Wildman–Crippen LogP) is 3.32. The van der Waals surface area contributed by atoms with Crippen LogP contribution in [0.1, 0.15) is 12.8 Å². The molecule has 2 heterocycles. The fourth-order valence-corrected chi connectivity index (χ4v) is 3.54. The van der Waals surface area contributed by atoms with Gasteiger partial charge in [0.05, 0.1) is 31.7 Å². The van der Waals surface area contributed by atoms with Crippen molar-refractivity contribution in [2.24, 2.45) is 5.84 Å². The molecule has 0 spiro atoms. The van der Waals surface area contributed by atoms with E-state index < -0.39 is 0 Å². The number of nitrogens with two attached hydrogens (primary N) is 2. The molecule has 0 unspecified atom stereocenters. The molecule has 1 aliphatic heterocycles. The molecule has 0 bridgehead atoms. The minimum absolute atomic E-state index is 0.121. The van der Waals surface area contributed by atoms with Gasteiger partial charge in [0.1, 0.15) is 29.6 Å². The number of methoxy groups -OCH3 is 1. The van der Waals surface area contributed by atoms with E-state index in [1.807, 2.05) is 24.3 Å². The van der Waals surface area contributed by atoms with Crippen LogP contribution in [0.5, 0.6) is 11.5 Å². The molecule has 1 aliphatic rings. The number of rotatable bonds is 8. The van der Waals surface area contributed by atoms with Crippen LogP contribution < -0.4 is 31.4 Å². The number of hydrogen-bond donors (Lipinski definition) is 4. The summed E-state index contributed by atoms with van der Waals surface area (Å²) in [7, 11) is 1.54. The van der Waals surface area contributed by atoms with Crippen molar-refractivity contribution in [1.29, 1.82) is 5.41 Å². The maximum atomic E-state index is 7.31. The molecule has 0 radical (unpaired) electrons. The van der Waals surface area contributed by atoms with Gasteiger partial charge in [0.25, 0.3) is 0 Å². The van der Waals surface area contributed by atoms with Gasteiger partial charge in [-0.15, -0.1) is 0 Å². The molecule has 0 saturated carbocycles. The first-order chi connectivity index (χ1) is 16.1. The number of nitrogens with one attached hydrogen (secondary N) is 2. The Morgan fingerprint density at radius 2 is 1.97 bits per heavy atom. The molecule has 1 saturated heterocycles. The zero-order valence-corrected chi connectivity index (χ0v) is 18.3. The first-order valence-electron chi connectivity index (χ1n) is 10.5. The Labute approximate surface area is 192 Å². The number of hydrogen-bond acceptors (Lipinski definition) is 9. The molecule has 33 heavy (non-hydrogen) atoms. The molecular formula is C23H27N7O3. The minimum atomic E-state index is 0.121. The van der Waals surface area contributed by atoms with Crippen molar-refractivity contribution in [1.82, 2.24) is 9.97 Å². The number of anilines is 4. The van der Waals surface area contributed by atoms with Gasteiger partial charge in [0, 0.05) is 36.4 Å². The van der Waals surface area contributed by atoms with Crippen molar-refractivity contribution < 1.29 is 14.2 Å². The highest BCUT2D eigenvalue weighted by Crippen LogP contribution is 2.32. The van der Waals surface area contributed by atoms with Crippen molar-refractivity contribution in [2.75, 3.05) is 36.4 Å². The van der Waals surface area contributed by atoms with Crippen LogP contribution in [0.15, 0.2) is 48.7 Å². The van der Waals surface area contributed by atoms with Crippen LogP contribution in [0.3, 0.4) is 0 Å². The van der Waals surface area contributed by atoms with E-state index in [-0.39, 0.29) is 6.10 Å². The number of nitrogen functional groups attached to an aromatic ring is 1. The number of nitrogens with zero attached hydrogens (tertiary/aromatic N) is 3. The van der Waals surface area contributed by atoms with Gasteiger partial charge in [-0.2, -0.15) is 0 Å². The lowest BCUT2D eigenvalue weighted by atomic mass is 10.1. The van der Waals surface area contributed by atoms with Crippen LogP contribution in [-0.4, -0.2) is 42.7 Å². The minimum Gasteiger partial charge on any atom is -0.494 e. The molecule has 10 heteroatoms. The van der Waals surface area contributed by atoms with Gasteiger partial charge >= 0.3 is 0 Å². The monoisotopic (exact) mass is 449 g/mol. The molecule has 1 fully saturated rings. The van der Waals surface area contributed by atoms with Gasteiger partial charge < -0.3 is 25.3 Å². The van der Waals surface area contributed by atoms with E-state index in [9.17, 15) is 0 Å². The second-order valence-electron chi connectivity index (χ2n) is 7.50. The molecule has 1 aromatic heterocycles. The fourth-order valence-electron chi connectivity index (χ4n) is 3.54. The molecule has 0 amide bonds. The third-order valence-corrected chi connectivity index (χ3v) is 5.28. The van der Waals surface area contributed by atoms with Gasteiger partial charge in [-0.3, -0.25) is 10.4 Å². The lowest BCUT2D eigenvalue weighted by Crippen LogP contribution is -2.28. The summed E-state index contributed by atoms with van der Waals surface area (Å²) in [6, 6.07) is 12.8. The summed E-state index contributed by atoms with van der Waals surface area (Å²) in [6.45, 7) is 1.42. The Morgan fingerprint density at radius 1 is 1.15 bits per heavy atom. The summed E-state index contributed by atoms with van der Waals surface area (Å²) in [5.41, 5.74) is 9.67. The first-order valence-corrected chi connectivity index (χ1v) is 10.5. The highest BCUT2D eigenvalue weighted by molar-refractivity contribution is 5.80. The lowest BCUT2D eigenvalue weighted by Gasteiger charge is -2.24. The number of hydrazine groups is 1. The highest BCUT2D eigenvalue weighted by atomic mass is 16.5. The first kappa shape index (κ1) is 22.3. The second kappa shape index (κ2) is 10.2. The van der Waals surface area contributed by atoms with Crippen molar-refractivity contribution in [3.63, 3.8) is 0 Å².